The van der Waals surface area contributed by atoms with Crippen LogP contribution in [0.1, 0.15) is 39.6 Å². The zero-order valence-corrected chi connectivity index (χ0v) is 17.0. The standard InChI is InChI=1S/C20H25N3O4S/c1-4-12-22-28(26,27)18-7-5-6-17(13-18)20(25)23(3)14-15-8-10-16(11-9-15)19(24)21-2/h5-11,13,22H,4,12,14H2,1-3H3,(H,21,24). The number of hydrogen-bond donors (Lipinski definition) is 2. The van der Waals surface area contributed by atoms with Gasteiger partial charge in [0.15, 0.2) is 0 Å². The van der Waals surface area contributed by atoms with Gasteiger partial charge in [-0.2, -0.15) is 0 Å². The van der Waals surface area contributed by atoms with Gasteiger partial charge in [-0.3, -0.25) is 9.59 Å². The van der Waals surface area contributed by atoms with Gasteiger partial charge in [0.2, 0.25) is 10.0 Å². The minimum absolute atomic E-state index is 0.0649. The van der Waals surface area contributed by atoms with E-state index >= 15 is 0 Å². The van der Waals surface area contributed by atoms with Crippen molar-refractivity contribution in [2.75, 3.05) is 20.6 Å². The second-order valence-electron chi connectivity index (χ2n) is 6.36. The van der Waals surface area contributed by atoms with E-state index in [9.17, 15) is 18.0 Å². The molecule has 0 heterocycles. The molecular formula is C20H25N3O4S. The highest BCUT2D eigenvalue weighted by molar-refractivity contribution is 7.89. The van der Waals surface area contributed by atoms with Gasteiger partial charge in [0, 0.05) is 38.3 Å². The minimum atomic E-state index is -3.64. The molecule has 0 unspecified atom stereocenters. The van der Waals surface area contributed by atoms with Gasteiger partial charge in [0.1, 0.15) is 0 Å². The van der Waals surface area contributed by atoms with Crippen molar-refractivity contribution in [3.63, 3.8) is 0 Å². The summed E-state index contributed by atoms with van der Waals surface area (Å²) in [7, 11) is -0.429. The number of carbonyl (C=O) groups excluding carboxylic acids is 2. The first-order valence-electron chi connectivity index (χ1n) is 8.94. The maximum absolute atomic E-state index is 12.7. The molecule has 0 aromatic heterocycles. The average molecular weight is 404 g/mol. The molecule has 0 aliphatic carbocycles. The molecule has 0 atom stereocenters. The van der Waals surface area contributed by atoms with Gasteiger partial charge in [0.05, 0.1) is 4.90 Å². The highest BCUT2D eigenvalue weighted by Gasteiger charge is 2.18. The molecule has 0 bridgehead atoms. The third-order valence-corrected chi connectivity index (χ3v) is 5.60. The summed E-state index contributed by atoms with van der Waals surface area (Å²) >= 11 is 0. The fourth-order valence-corrected chi connectivity index (χ4v) is 3.77. The predicted octanol–water partition coefficient (Wildman–Crippen LogP) is 2.01. The van der Waals surface area contributed by atoms with Crippen LogP contribution >= 0.6 is 0 Å². The Morgan fingerprint density at radius 2 is 1.71 bits per heavy atom. The Kier molecular flexibility index (Phi) is 7.31. The number of hydrogen-bond acceptors (Lipinski definition) is 4. The van der Waals surface area contributed by atoms with Crippen molar-refractivity contribution >= 4 is 21.8 Å². The summed E-state index contributed by atoms with van der Waals surface area (Å²) in [6, 6.07) is 12.9. The second kappa shape index (κ2) is 9.48. The smallest absolute Gasteiger partial charge is 0.253 e. The van der Waals surface area contributed by atoms with Crippen LogP contribution in [0.25, 0.3) is 0 Å². The van der Waals surface area contributed by atoms with E-state index in [-0.39, 0.29) is 16.7 Å². The van der Waals surface area contributed by atoms with Gasteiger partial charge < -0.3 is 10.2 Å². The van der Waals surface area contributed by atoms with Crippen LogP contribution in [0.15, 0.2) is 53.4 Å². The summed E-state index contributed by atoms with van der Waals surface area (Å²) in [5.41, 5.74) is 1.69. The zero-order chi connectivity index (χ0) is 20.7. The third-order valence-electron chi connectivity index (χ3n) is 4.14. The summed E-state index contributed by atoms with van der Waals surface area (Å²) < 4.78 is 27.0. The zero-order valence-electron chi connectivity index (χ0n) is 16.2. The second-order valence-corrected chi connectivity index (χ2v) is 8.13. The lowest BCUT2D eigenvalue weighted by Gasteiger charge is -2.18. The molecule has 0 aliphatic heterocycles. The SMILES string of the molecule is CCCNS(=O)(=O)c1cccc(C(=O)N(C)Cc2ccc(C(=O)NC)cc2)c1. The van der Waals surface area contributed by atoms with Crippen molar-refractivity contribution in [3.8, 4) is 0 Å². The molecule has 2 aromatic rings. The summed E-state index contributed by atoms with van der Waals surface area (Å²) in [6.45, 7) is 2.54. The predicted molar refractivity (Wildman–Crippen MR) is 108 cm³/mol. The summed E-state index contributed by atoms with van der Waals surface area (Å²) in [4.78, 5) is 25.9. The molecule has 0 aliphatic rings. The topological polar surface area (TPSA) is 95.6 Å². The average Bonchev–Trinajstić information content (AvgIpc) is 2.71. The number of nitrogens with one attached hydrogen (secondary N) is 2. The lowest BCUT2D eigenvalue weighted by molar-refractivity contribution is 0.0784. The molecule has 2 rings (SSSR count). The molecule has 0 radical (unpaired) electrons. The van der Waals surface area contributed by atoms with E-state index in [1.807, 2.05) is 6.92 Å². The van der Waals surface area contributed by atoms with Crippen LogP contribution in [0.3, 0.4) is 0 Å². The van der Waals surface area contributed by atoms with Crippen LogP contribution < -0.4 is 10.0 Å². The molecule has 8 heteroatoms. The summed E-state index contributed by atoms with van der Waals surface area (Å²) in [5.74, 6) is -0.464. The molecule has 2 N–H and O–H groups in total. The van der Waals surface area contributed by atoms with Gasteiger partial charge in [0.25, 0.3) is 11.8 Å². The van der Waals surface area contributed by atoms with Crippen molar-refractivity contribution in [2.24, 2.45) is 0 Å². The van der Waals surface area contributed by atoms with Crippen molar-refractivity contribution < 1.29 is 18.0 Å². The normalized spacial score (nSPS) is 11.1. The fraction of sp³-hybridized carbons (Fsp3) is 0.300. The highest BCUT2D eigenvalue weighted by atomic mass is 32.2. The summed E-state index contributed by atoms with van der Waals surface area (Å²) in [5, 5.41) is 2.55. The van der Waals surface area contributed by atoms with Crippen molar-refractivity contribution in [1.82, 2.24) is 14.9 Å². The number of carbonyl (C=O) groups is 2. The van der Waals surface area contributed by atoms with E-state index in [4.69, 9.17) is 0 Å². The van der Waals surface area contributed by atoms with Crippen molar-refractivity contribution in [1.29, 1.82) is 0 Å². The van der Waals surface area contributed by atoms with Gasteiger partial charge in [-0.05, 0) is 42.3 Å². The van der Waals surface area contributed by atoms with Crippen LogP contribution in [0, 0.1) is 0 Å². The minimum Gasteiger partial charge on any atom is -0.355 e. The van der Waals surface area contributed by atoms with E-state index in [0.29, 0.717) is 30.6 Å². The number of amides is 2. The number of sulfonamides is 1. The Morgan fingerprint density at radius 3 is 2.32 bits per heavy atom. The van der Waals surface area contributed by atoms with Gasteiger partial charge >= 0.3 is 0 Å². The van der Waals surface area contributed by atoms with E-state index in [1.165, 1.54) is 17.0 Å². The van der Waals surface area contributed by atoms with Crippen LogP contribution in [-0.4, -0.2) is 45.8 Å². The van der Waals surface area contributed by atoms with Crippen molar-refractivity contribution in [2.45, 2.75) is 24.8 Å². The fourth-order valence-electron chi connectivity index (χ4n) is 2.59. The molecule has 7 nitrogen and oxygen atoms in total. The first kappa shape index (κ1) is 21.6. The number of benzene rings is 2. The van der Waals surface area contributed by atoms with Crippen LogP contribution in [0.5, 0.6) is 0 Å². The summed E-state index contributed by atoms with van der Waals surface area (Å²) in [6.07, 6.45) is 0.680. The maximum atomic E-state index is 12.7. The molecule has 28 heavy (non-hydrogen) atoms. The Labute approximate surface area is 165 Å². The van der Waals surface area contributed by atoms with E-state index < -0.39 is 10.0 Å². The van der Waals surface area contributed by atoms with Crippen LogP contribution in [-0.2, 0) is 16.6 Å². The molecule has 2 amide bonds. The molecule has 0 saturated heterocycles. The quantitative estimate of drug-likeness (QED) is 0.705. The molecule has 0 saturated carbocycles. The maximum Gasteiger partial charge on any atom is 0.253 e. The number of nitrogens with zero attached hydrogens (tertiary/aromatic N) is 1. The lowest BCUT2D eigenvalue weighted by atomic mass is 10.1. The Balaban J connectivity index is 2.13. The molecule has 150 valence electrons. The van der Waals surface area contributed by atoms with Crippen LogP contribution in [0.4, 0.5) is 0 Å². The van der Waals surface area contributed by atoms with E-state index in [2.05, 4.69) is 10.0 Å². The first-order valence-corrected chi connectivity index (χ1v) is 10.4. The largest absolute Gasteiger partial charge is 0.355 e. The number of rotatable bonds is 8. The van der Waals surface area contributed by atoms with Gasteiger partial charge in [-0.25, -0.2) is 13.1 Å². The Morgan fingerprint density at radius 1 is 1.04 bits per heavy atom. The molecular weight excluding hydrogens is 378 g/mol. The van der Waals surface area contributed by atoms with Crippen molar-refractivity contribution in [3.05, 3.63) is 65.2 Å². The lowest BCUT2D eigenvalue weighted by Crippen LogP contribution is -2.27. The Bertz CT molecular complexity index is 940. The highest BCUT2D eigenvalue weighted by Crippen LogP contribution is 2.15. The van der Waals surface area contributed by atoms with E-state index in [0.717, 1.165) is 5.56 Å². The molecule has 2 aromatic carbocycles. The monoisotopic (exact) mass is 403 g/mol. The van der Waals surface area contributed by atoms with Gasteiger partial charge in [-0.15, -0.1) is 0 Å². The van der Waals surface area contributed by atoms with E-state index in [1.54, 1.807) is 50.5 Å². The molecule has 0 fully saturated rings. The van der Waals surface area contributed by atoms with Crippen LogP contribution in [0.2, 0.25) is 0 Å². The Hall–Kier alpha value is -2.71. The van der Waals surface area contributed by atoms with Gasteiger partial charge in [-0.1, -0.05) is 25.1 Å². The third kappa shape index (κ3) is 5.40. The molecule has 0 spiro atoms. The first-order chi connectivity index (χ1) is 13.3.